The third-order valence-corrected chi connectivity index (χ3v) is 3.69. The molecule has 1 unspecified atom stereocenters. The SMILES string of the molecule is CCNc1nc(N(C)C(CC)CSC)c(F)cc1F. The van der Waals surface area contributed by atoms with Crippen LogP contribution >= 0.6 is 11.8 Å². The fraction of sp³-hybridized carbons (Fsp3) is 0.615. The highest BCUT2D eigenvalue weighted by molar-refractivity contribution is 7.98. The lowest BCUT2D eigenvalue weighted by molar-refractivity contribution is 0.562. The topological polar surface area (TPSA) is 28.2 Å². The number of thioether (sulfide) groups is 1. The Bertz CT molecular complexity index is 415. The monoisotopic (exact) mass is 289 g/mol. The summed E-state index contributed by atoms with van der Waals surface area (Å²) in [6.45, 7) is 4.43. The highest BCUT2D eigenvalue weighted by atomic mass is 32.2. The first kappa shape index (κ1) is 16.0. The molecule has 0 aliphatic heterocycles. The van der Waals surface area contributed by atoms with Gasteiger partial charge in [0.1, 0.15) is 0 Å². The zero-order valence-electron chi connectivity index (χ0n) is 11.8. The first-order chi connectivity index (χ1) is 9.04. The molecule has 0 fully saturated rings. The van der Waals surface area contributed by atoms with Crippen molar-refractivity contribution in [2.24, 2.45) is 0 Å². The van der Waals surface area contributed by atoms with Crippen LogP contribution in [0.4, 0.5) is 20.4 Å². The van der Waals surface area contributed by atoms with Crippen LogP contribution in [0.15, 0.2) is 6.07 Å². The molecule has 1 heterocycles. The summed E-state index contributed by atoms with van der Waals surface area (Å²) in [7, 11) is 1.80. The van der Waals surface area contributed by atoms with Crippen molar-refractivity contribution in [2.45, 2.75) is 26.3 Å². The van der Waals surface area contributed by atoms with Crippen molar-refractivity contribution in [2.75, 3.05) is 35.8 Å². The number of halogens is 2. The minimum Gasteiger partial charge on any atom is -0.368 e. The molecular formula is C13H21F2N3S. The molecule has 19 heavy (non-hydrogen) atoms. The number of anilines is 2. The zero-order valence-corrected chi connectivity index (χ0v) is 12.7. The van der Waals surface area contributed by atoms with Crippen molar-refractivity contribution >= 4 is 23.4 Å². The average Bonchev–Trinajstić information content (AvgIpc) is 2.38. The van der Waals surface area contributed by atoms with Crippen LogP contribution in [-0.4, -0.2) is 36.6 Å². The number of hydrogen-bond acceptors (Lipinski definition) is 4. The van der Waals surface area contributed by atoms with E-state index in [1.54, 1.807) is 23.7 Å². The third kappa shape index (κ3) is 3.96. The number of hydrogen-bond donors (Lipinski definition) is 1. The van der Waals surface area contributed by atoms with Crippen LogP contribution < -0.4 is 10.2 Å². The van der Waals surface area contributed by atoms with Crippen LogP contribution in [0.2, 0.25) is 0 Å². The first-order valence-electron chi connectivity index (χ1n) is 6.36. The molecule has 0 spiro atoms. The summed E-state index contributed by atoms with van der Waals surface area (Å²) in [6.07, 6.45) is 2.89. The van der Waals surface area contributed by atoms with Gasteiger partial charge < -0.3 is 10.2 Å². The Morgan fingerprint density at radius 3 is 2.58 bits per heavy atom. The standard InChI is InChI=1S/C13H21F2N3S/c1-5-9(8-19-4)18(3)13-11(15)7-10(14)12(17-13)16-6-2/h7,9H,5-6,8H2,1-4H3,(H,16,17). The summed E-state index contributed by atoms with van der Waals surface area (Å²) in [5.74, 6) is -0.110. The maximum atomic E-state index is 13.9. The van der Waals surface area contributed by atoms with Crippen LogP contribution in [0, 0.1) is 11.6 Å². The molecule has 0 saturated heterocycles. The molecule has 0 saturated carbocycles. The molecule has 0 amide bonds. The molecule has 1 aromatic heterocycles. The van der Waals surface area contributed by atoms with Crippen molar-refractivity contribution in [1.82, 2.24) is 4.98 Å². The van der Waals surface area contributed by atoms with E-state index in [4.69, 9.17) is 0 Å². The summed E-state index contributed by atoms with van der Waals surface area (Å²) in [4.78, 5) is 5.85. The van der Waals surface area contributed by atoms with Gasteiger partial charge in [0, 0.05) is 31.5 Å². The fourth-order valence-corrected chi connectivity index (χ4v) is 2.71. The summed E-state index contributed by atoms with van der Waals surface area (Å²) >= 11 is 1.70. The predicted molar refractivity (Wildman–Crippen MR) is 79.2 cm³/mol. The molecule has 108 valence electrons. The minimum atomic E-state index is -0.658. The smallest absolute Gasteiger partial charge is 0.168 e. The number of aromatic nitrogens is 1. The lowest BCUT2D eigenvalue weighted by Gasteiger charge is -2.28. The molecule has 0 aromatic carbocycles. The lowest BCUT2D eigenvalue weighted by Crippen LogP contribution is -2.34. The maximum Gasteiger partial charge on any atom is 0.168 e. The number of pyridine rings is 1. The molecule has 1 aromatic rings. The van der Waals surface area contributed by atoms with E-state index in [0.717, 1.165) is 18.2 Å². The van der Waals surface area contributed by atoms with Crippen LogP contribution in [0.5, 0.6) is 0 Å². The summed E-state index contributed by atoms with van der Waals surface area (Å²) in [6, 6.07) is 1.07. The second-order valence-corrected chi connectivity index (χ2v) is 5.19. The summed E-state index contributed by atoms with van der Waals surface area (Å²) < 4.78 is 27.4. The largest absolute Gasteiger partial charge is 0.368 e. The van der Waals surface area contributed by atoms with E-state index in [9.17, 15) is 8.78 Å². The van der Waals surface area contributed by atoms with Gasteiger partial charge in [0.05, 0.1) is 0 Å². The number of nitrogens with zero attached hydrogens (tertiary/aromatic N) is 2. The number of rotatable bonds is 7. The van der Waals surface area contributed by atoms with Crippen LogP contribution in [0.25, 0.3) is 0 Å². The van der Waals surface area contributed by atoms with Gasteiger partial charge in [-0.1, -0.05) is 6.92 Å². The van der Waals surface area contributed by atoms with Gasteiger partial charge in [-0.2, -0.15) is 11.8 Å². The van der Waals surface area contributed by atoms with Gasteiger partial charge in [0.25, 0.3) is 0 Å². The van der Waals surface area contributed by atoms with Gasteiger partial charge in [0.15, 0.2) is 23.3 Å². The molecule has 0 bridgehead atoms. The Morgan fingerprint density at radius 2 is 2.05 bits per heavy atom. The second kappa shape index (κ2) is 7.53. The normalized spacial score (nSPS) is 12.3. The van der Waals surface area contributed by atoms with Crippen LogP contribution in [-0.2, 0) is 0 Å². The molecule has 0 aliphatic carbocycles. The van der Waals surface area contributed by atoms with E-state index in [1.165, 1.54) is 0 Å². The van der Waals surface area contributed by atoms with Gasteiger partial charge in [-0.05, 0) is 19.6 Å². The van der Waals surface area contributed by atoms with Gasteiger partial charge in [-0.15, -0.1) is 0 Å². The molecule has 0 radical (unpaired) electrons. The van der Waals surface area contributed by atoms with E-state index in [2.05, 4.69) is 10.3 Å². The molecule has 0 aliphatic rings. The first-order valence-corrected chi connectivity index (χ1v) is 7.76. The Kier molecular flexibility index (Phi) is 6.34. The minimum absolute atomic E-state index is 0.102. The maximum absolute atomic E-state index is 13.9. The van der Waals surface area contributed by atoms with E-state index in [1.807, 2.05) is 20.1 Å². The summed E-state index contributed by atoms with van der Waals surface area (Å²) in [5.41, 5.74) is 0. The van der Waals surface area contributed by atoms with E-state index in [-0.39, 0.29) is 17.7 Å². The zero-order chi connectivity index (χ0) is 14.4. The highest BCUT2D eigenvalue weighted by Gasteiger charge is 2.20. The van der Waals surface area contributed by atoms with E-state index in [0.29, 0.717) is 6.54 Å². The van der Waals surface area contributed by atoms with Crippen molar-refractivity contribution in [3.05, 3.63) is 17.7 Å². The third-order valence-electron chi connectivity index (χ3n) is 2.97. The Hall–Kier alpha value is -1.04. The molecule has 1 rings (SSSR count). The Balaban J connectivity index is 3.07. The van der Waals surface area contributed by atoms with Crippen molar-refractivity contribution in [3.8, 4) is 0 Å². The molecule has 6 heteroatoms. The van der Waals surface area contributed by atoms with E-state index >= 15 is 0 Å². The Morgan fingerprint density at radius 1 is 1.37 bits per heavy atom. The lowest BCUT2D eigenvalue weighted by atomic mass is 10.2. The van der Waals surface area contributed by atoms with E-state index < -0.39 is 11.6 Å². The van der Waals surface area contributed by atoms with Crippen LogP contribution in [0.3, 0.4) is 0 Å². The fourth-order valence-electron chi connectivity index (χ4n) is 1.86. The molecule has 3 nitrogen and oxygen atoms in total. The van der Waals surface area contributed by atoms with Gasteiger partial charge in [0.2, 0.25) is 0 Å². The Labute approximate surface area is 117 Å². The predicted octanol–water partition coefficient (Wildman–Crippen LogP) is 3.37. The van der Waals surface area contributed by atoms with Crippen LogP contribution in [0.1, 0.15) is 20.3 Å². The van der Waals surface area contributed by atoms with Crippen molar-refractivity contribution in [1.29, 1.82) is 0 Å². The molecule has 1 atom stereocenters. The van der Waals surface area contributed by atoms with Crippen molar-refractivity contribution < 1.29 is 8.78 Å². The molecular weight excluding hydrogens is 268 g/mol. The van der Waals surface area contributed by atoms with Gasteiger partial charge >= 0.3 is 0 Å². The quantitative estimate of drug-likeness (QED) is 0.833. The second-order valence-electron chi connectivity index (χ2n) is 4.28. The summed E-state index contributed by atoms with van der Waals surface area (Å²) in [5, 5.41) is 2.80. The molecule has 1 N–H and O–H groups in total. The number of nitrogens with one attached hydrogen (secondary N) is 1. The van der Waals surface area contributed by atoms with Crippen molar-refractivity contribution in [3.63, 3.8) is 0 Å². The van der Waals surface area contributed by atoms with Gasteiger partial charge in [-0.3, -0.25) is 0 Å². The average molecular weight is 289 g/mol. The highest BCUT2D eigenvalue weighted by Crippen LogP contribution is 2.24. The van der Waals surface area contributed by atoms with Gasteiger partial charge in [-0.25, -0.2) is 13.8 Å².